The molecule has 42 heavy (non-hydrogen) atoms. The standard InChI is InChI=1S/C31H35N5O6/c1-18-14-25(38)22(15-20-8-4-3-5-9-20)34-29(40)19(2)28(39)23(16-21-10-6-12-32-17-21)35-30(41)26(18)36-31(42)27-24(37)11-7-13-33-27/h3-13,17-19,22-23,26,28,37,39H,14-16H2,1-2H3,(H,34,40)(H,35,41)(H,36,42)/t18-,19+,22?,23-,26-,28-/m0/s1. The number of hydrogen-bond acceptors (Lipinski definition) is 8. The van der Waals surface area contributed by atoms with Gasteiger partial charge in [0.15, 0.2) is 11.5 Å². The number of nitrogens with zero attached hydrogens (tertiary/aromatic N) is 2. The van der Waals surface area contributed by atoms with Crippen LogP contribution in [0.1, 0.15) is 41.9 Å². The number of aromatic hydroxyl groups is 1. The third-order valence-electron chi connectivity index (χ3n) is 7.49. The summed E-state index contributed by atoms with van der Waals surface area (Å²) < 4.78 is 0. The van der Waals surface area contributed by atoms with E-state index < -0.39 is 53.8 Å². The zero-order chi connectivity index (χ0) is 30.2. The van der Waals surface area contributed by atoms with Gasteiger partial charge in [-0.25, -0.2) is 4.98 Å². The van der Waals surface area contributed by atoms with Crippen LogP contribution in [0.2, 0.25) is 0 Å². The third-order valence-corrected chi connectivity index (χ3v) is 7.49. The molecule has 4 rings (SSSR count). The maximum absolute atomic E-state index is 13.8. The van der Waals surface area contributed by atoms with E-state index in [2.05, 4.69) is 25.9 Å². The van der Waals surface area contributed by atoms with Crippen LogP contribution in [-0.4, -0.2) is 67.9 Å². The molecule has 1 aliphatic heterocycles. The summed E-state index contributed by atoms with van der Waals surface area (Å²) in [7, 11) is 0. The molecule has 3 aromatic rings. The molecule has 11 heteroatoms. The van der Waals surface area contributed by atoms with Crippen molar-refractivity contribution in [1.82, 2.24) is 25.9 Å². The number of nitrogens with one attached hydrogen (secondary N) is 3. The predicted molar refractivity (Wildman–Crippen MR) is 153 cm³/mol. The minimum Gasteiger partial charge on any atom is -0.505 e. The molecule has 11 nitrogen and oxygen atoms in total. The minimum atomic E-state index is -1.34. The lowest BCUT2D eigenvalue weighted by Crippen LogP contribution is -2.59. The zero-order valence-electron chi connectivity index (χ0n) is 23.4. The Labute approximate surface area is 243 Å². The summed E-state index contributed by atoms with van der Waals surface area (Å²) in [5, 5.41) is 29.7. The predicted octanol–water partition coefficient (Wildman–Crippen LogP) is 1.34. The Morgan fingerprint density at radius 3 is 2.33 bits per heavy atom. The fraction of sp³-hybridized carbons (Fsp3) is 0.355. The Bertz CT molecular complexity index is 1400. The lowest BCUT2D eigenvalue weighted by Gasteiger charge is -2.33. The molecule has 220 valence electrons. The molecule has 3 heterocycles. The molecule has 6 atom stereocenters. The summed E-state index contributed by atoms with van der Waals surface area (Å²) in [6, 6.07) is 12.4. The van der Waals surface area contributed by atoms with Gasteiger partial charge in [-0.2, -0.15) is 0 Å². The number of carbonyl (C=O) groups is 4. The SMILES string of the molecule is C[C@H]1CC(=O)C(Cc2ccccc2)NC(=O)[C@H](C)[C@H](O)[C@H](Cc2cccnc2)NC(=O)[C@H]1NC(=O)c1ncccc1O. The number of aliphatic hydroxyl groups excluding tert-OH is 1. The number of hydrogen-bond donors (Lipinski definition) is 5. The van der Waals surface area contributed by atoms with Gasteiger partial charge in [0.05, 0.1) is 24.1 Å². The van der Waals surface area contributed by atoms with Crippen LogP contribution in [-0.2, 0) is 27.2 Å². The molecule has 1 fully saturated rings. The lowest BCUT2D eigenvalue weighted by molar-refractivity contribution is -0.135. The zero-order valence-corrected chi connectivity index (χ0v) is 23.4. The lowest BCUT2D eigenvalue weighted by atomic mass is 9.87. The van der Waals surface area contributed by atoms with Crippen LogP contribution in [0.25, 0.3) is 0 Å². The first kappa shape index (κ1) is 30.3. The average molecular weight is 574 g/mol. The van der Waals surface area contributed by atoms with Crippen molar-refractivity contribution < 1.29 is 29.4 Å². The van der Waals surface area contributed by atoms with Crippen molar-refractivity contribution in [2.24, 2.45) is 11.8 Å². The number of pyridine rings is 2. The van der Waals surface area contributed by atoms with Crippen molar-refractivity contribution >= 4 is 23.5 Å². The van der Waals surface area contributed by atoms with E-state index in [1.807, 2.05) is 30.3 Å². The number of amides is 3. The van der Waals surface area contributed by atoms with Gasteiger partial charge in [0.1, 0.15) is 11.8 Å². The molecule has 3 amide bonds. The highest BCUT2D eigenvalue weighted by molar-refractivity contribution is 5.98. The molecule has 1 unspecified atom stereocenters. The Hall–Kier alpha value is -4.64. The van der Waals surface area contributed by atoms with Crippen LogP contribution in [0.3, 0.4) is 0 Å². The Balaban J connectivity index is 1.69. The van der Waals surface area contributed by atoms with Crippen molar-refractivity contribution in [3.63, 3.8) is 0 Å². The van der Waals surface area contributed by atoms with Crippen LogP contribution in [0.15, 0.2) is 73.2 Å². The molecule has 0 radical (unpaired) electrons. The molecule has 1 aromatic carbocycles. The van der Waals surface area contributed by atoms with Gasteiger partial charge < -0.3 is 26.2 Å². The molecule has 5 N–H and O–H groups in total. The second-order valence-electron chi connectivity index (χ2n) is 10.7. The smallest absolute Gasteiger partial charge is 0.274 e. The molecule has 0 spiro atoms. The molecular formula is C31H35N5O6. The summed E-state index contributed by atoms with van der Waals surface area (Å²) in [6.07, 6.45) is 3.41. The Morgan fingerprint density at radius 1 is 0.929 bits per heavy atom. The summed E-state index contributed by atoms with van der Waals surface area (Å²) in [6.45, 7) is 3.17. The monoisotopic (exact) mass is 573 g/mol. The van der Waals surface area contributed by atoms with E-state index in [9.17, 15) is 29.4 Å². The van der Waals surface area contributed by atoms with E-state index in [4.69, 9.17) is 0 Å². The average Bonchev–Trinajstić information content (AvgIpc) is 2.99. The van der Waals surface area contributed by atoms with E-state index in [-0.39, 0.29) is 36.5 Å². The summed E-state index contributed by atoms with van der Waals surface area (Å²) in [5.41, 5.74) is 1.27. The number of Topliss-reactive ketones (excluding diaryl/α,β-unsaturated/α-hetero) is 1. The highest BCUT2D eigenvalue weighted by atomic mass is 16.3. The topological polar surface area (TPSA) is 171 Å². The van der Waals surface area contributed by atoms with Crippen LogP contribution in [0.5, 0.6) is 5.75 Å². The summed E-state index contributed by atoms with van der Waals surface area (Å²) in [5.74, 6) is -4.39. The van der Waals surface area contributed by atoms with Crippen LogP contribution in [0, 0.1) is 11.8 Å². The highest BCUT2D eigenvalue weighted by Gasteiger charge is 2.38. The Morgan fingerprint density at radius 2 is 1.64 bits per heavy atom. The molecule has 0 saturated carbocycles. The van der Waals surface area contributed by atoms with E-state index >= 15 is 0 Å². The molecule has 1 aliphatic rings. The van der Waals surface area contributed by atoms with Crippen LogP contribution >= 0.6 is 0 Å². The second-order valence-corrected chi connectivity index (χ2v) is 10.7. The van der Waals surface area contributed by atoms with Crippen molar-refractivity contribution in [3.05, 3.63) is 90.0 Å². The minimum absolute atomic E-state index is 0.144. The van der Waals surface area contributed by atoms with Gasteiger partial charge in [-0.15, -0.1) is 0 Å². The maximum Gasteiger partial charge on any atom is 0.274 e. The highest BCUT2D eigenvalue weighted by Crippen LogP contribution is 2.20. The van der Waals surface area contributed by atoms with E-state index in [0.29, 0.717) is 5.56 Å². The third kappa shape index (κ3) is 7.55. The van der Waals surface area contributed by atoms with Gasteiger partial charge in [-0.05, 0) is 48.1 Å². The van der Waals surface area contributed by atoms with Gasteiger partial charge in [-0.1, -0.05) is 50.2 Å². The number of carbonyl (C=O) groups excluding carboxylic acids is 4. The molecule has 1 saturated heterocycles. The number of ketones is 1. The number of rotatable bonds is 6. The first-order valence-electron chi connectivity index (χ1n) is 13.8. The van der Waals surface area contributed by atoms with E-state index in [1.54, 1.807) is 31.5 Å². The number of benzene rings is 1. The fourth-order valence-electron chi connectivity index (χ4n) is 5.03. The van der Waals surface area contributed by atoms with Crippen LogP contribution < -0.4 is 16.0 Å². The summed E-state index contributed by atoms with van der Waals surface area (Å²) in [4.78, 5) is 61.8. The maximum atomic E-state index is 13.8. The first-order valence-corrected chi connectivity index (χ1v) is 13.8. The van der Waals surface area contributed by atoms with Crippen molar-refractivity contribution in [1.29, 1.82) is 0 Å². The number of aliphatic hydroxyl groups is 1. The normalized spacial score (nSPS) is 25.4. The molecule has 2 aromatic heterocycles. The van der Waals surface area contributed by atoms with Gasteiger partial charge in [0.2, 0.25) is 11.8 Å². The van der Waals surface area contributed by atoms with Gasteiger partial charge in [-0.3, -0.25) is 24.2 Å². The molecule has 0 aliphatic carbocycles. The Kier molecular flexibility index (Phi) is 9.98. The second kappa shape index (κ2) is 13.8. The van der Waals surface area contributed by atoms with Gasteiger partial charge in [0.25, 0.3) is 5.91 Å². The van der Waals surface area contributed by atoms with E-state index in [0.717, 1.165) is 5.56 Å². The van der Waals surface area contributed by atoms with Crippen molar-refractivity contribution in [2.45, 2.75) is 57.3 Å². The van der Waals surface area contributed by atoms with E-state index in [1.165, 1.54) is 25.3 Å². The number of aromatic nitrogens is 2. The van der Waals surface area contributed by atoms with Gasteiger partial charge >= 0.3 is 0 Å². The van der Waals surface area contributed by atoms with Crippen LogP contribution in [0.4, 0.5) is 0 Å². The fourth-order valence-corrected chi connectivity index (χ4v) is 5.03. The quantitative estimate of drug-likeness (QED) is 0.294. The van der Waals surface area contributed by atoms with Crippen molar-refractivity contribution in [3.8, 4) is 5.75 Å². The largest absolute Gasteiger partial charge is 0.505 e. The van der Waals surface area contributed by atoms with Crippen molar-refractivity contribution in [2.75, 3.05) is 0 Å². The molecule has 0 bridgehead atoms. The molecular weight excluding hydrogens is 538 g/mol. The van der Waals surface area contributed by atoms with Gasteiger partial charge in [0, 0.05) is 25.0 Å². The first-order chi connectivity index (χ1) is 20.1. The summed E-state index contributed by atoms with van der Waals surface area (Å²) >= 11 is 0.